The van der Waals surface area contributed by atoms with Gasteiger partial charge in [0, 0.05) is 12.1 Å². The van der Waals surface area contributed by atoms with Gasteiger partial charge >= 0.3 is 0 Å². The van der Waals surface area contributed by atoms with Crippen LogP contribution in [0.15, 0.2) is 24.3 Å². The summed E-state index contributed by atoms with van der Waals surface area (Å²) in [6.07, 6.45) is 4.88. The summed E-state index contributed by atoms with van der Waals surface area (Å²) in [5.41, 5.74) is 5.47. The second-order valence-corrected chi connectivity index (χ2v) is 5.01. The number of benzene rings is 1. The van der Waals surface area contributed by atoms with E-state index in [9.17, 15) is 5.11 Å². The molecule has 1 aromatic rings. The van der Waals surface area contributed by atoms with Gasteiger partial charge in [0.15, 0.2) is 0 Å². The zero-order chi connectivity index (χ0) is 15.6. The first-order valence-electron chi connectivity index (χ1n) is 7.90. The van der Waals surface area contributed by atoms with Gasteiger partial charge in [-0.05, 0) is 43.9 Å². The van der Waals surface area contributed by atoms with Gasteiger partial charge in [0.2, 0.25) is 0 Å². The lowest BCUT2D eigenvalue weighted by Gasteiger charge is -2.26. The highest BCUT2D eigenvalue weighted by atomic mass is 16.5. The fourth-order valence-electron chi connectivity index (χ4n) is 2.29. The summed E-state index contributed by atoms with van der Waals surface area (Å²) in [6, 6.07) is 7.60. The predicted molar refractivity (Wildman–Crippen MR) is 87.3 cm³/mol. The van der Waals surface area contributed by atoms with Crippen LogP contribution in [0.25, 0.3) is 0 Å². The number of rotatable bonds is 3. The summed E-state index contributed by atoms with van der Waals surface area (Å²) in [4.78, 5) is 0. The lowest BCUT2D eigenvalue weighted by atomic mass is 9.85. The fraction of sp³-hybridized carbons (Fsp3) is 0.556. The molecule has 0 unspecified atom stereocenters. The molecule has 3 nitrogen and oxygen atoms in total. The molecule has 1 saturated carbocycles. The van der Waals surface area contributed by atoms with E-state index >= 15 is 0 Å². The number of nitrogens with two attached hydrogens (primary N) is 1. The molecule has 0 radical (unpaired) electrons. The van der Waals surface area contributed by atoms with Crippen LogP contribution in [0.2, 0.25) is 0 Å². The number of hydrogen-bond donors (Lipinski definition) is 2. The molecule has 0 spiro atoms. The lowest BCUT2D eigenvalue weighted by molar-refractivity contribution is 0.0610. The number of hydrogen-bond acceptors (Lipinski definition) is 3. The Morgan fingerprint density at radius 3 is 2.62 bits per heavy atom. The van der Waals surface area contributed by atoms with Crippen molar-refractivity contribution in [2.24, 2.45) is 5.73 Å². The van der Waals surface area contributed by atoms with Crippen LogP contribution in [-0.2, 0) is 0 Å². The quantitative estimate of drug-likeness (QED) is 0.841. The Bertz CT molecular complexity index is 468. The van der Waals surface area contributed by atoms with E-state index in [4.69, 9.17) is 10.5 Å². The smallest absolute Gasteiger partial charge is 0.125 e. The molecule has 1 aliphatic rings. The molecule has 2 rings (SSSR count). The van der Waals surface area contributed by atoms with Crippen LogP contribution in [0.1, 0.15) is 51.5 Å². The van der Waals surface area contributed by atoms with Crippen LogP contribution in [0.4, 0.5) is 0 Å². The van der Waals surface area contributed by atoms with Crippen LogP contribution < -0.4 is 10.5 Å². The van der Waals surface area contributed by atoms with Crippen molar-refractivity contribution in [1.82, 2.24) is 0 Å². The molecular formula is C18H27NO2. The maximum absolute atomic E-state index is 10.3. The molecule has 1 aromatic carbocycles. The molecule has 116 valence electrons. The molecule has 3 N–H and O–H groups in total. The Morgan fingerprint density at radius 1 is 1.24 bits per heavy atom. The molecule has 3 heteroatoms. The molecule has 0 bridgehead atoms. The topological polar surface area (TPSA) is 55.5 Å². The minimum Gasteiger partial charge on any atom is -0.492 e. The average molecular weight is 289 g/mol. The maximum Gasteiger partial charge on any atom is 0.125 e. The third-order valence-corrected chi connectivity index (χ3v) is 3.34. The average Bonchev–Trinajstić information content (AvgIpc) is 2.54. The highest BCUT2D eigenvalue weighted by Crippen LogP contribution is 2.27. The monoisotopic (exact) mass is 289 g/mol. The molecule has 21 heavy (non-hydrogen) atoms. The normalized spacial score (nSPS) is 16.0. The van der Waals surface area contributed by atoms with E-state index in [1.165, 1.54) is 6.42 Å². The molecule has 1 aliphatic carbocycles. The van der Waals surface area contributed by atoms with Gasteiger partial charge in [0.1, 0.15) is 18.0 Å². The van der Waals surface area contributed by atoms with Gasteiger partial charge in [-0.1, -0.05) is 38.2 Å². The second kappa shape index (κ2) is 9.44. The minimum absolute atomic E-state index is 0.496. The summed E-state index contributed by atoms with van der Waals surface area (Å²) >= 11 is 0. The minimum atomic E-state index is -0.799. The van der Waals surface area contributed by atoms with Gasteiger partial charge < -0.3 is 15.6 Å². The highest BCUT2D eigenvalue weighted by Gasteiger charge is 2.26. The number of ether oxygens (including phenoxy) is 1. The summed E-state index contributed by atoms with van der Waals surface area (Å²) in [5, 5.41) is 10.3. The summed E-state index contributed by atoms with van der Waals surface area (Å²) in [5.74, 6) is 6.85. The maximum atomic E-state index is 10.3. The van der Waals surface area contributed by atoms with Gasteiger partial charge in [-0.3, -0.25) is 0 Å². The molecule has 0 atom stereocenters. The first-order chi connectivity index (χ1) is 10.2. The van der Waals surface area contributed by atoms with Gasteiger partial charge in [0.05, 0.1) is 0 Å². The van der Waals surface area contributed by atoms with Crippen molar-refractivity contribution in [2.75, 3.05) is 13.2 Å². The number of aliphatic hydroxyl groups is 1. The first-order valence-corrected chi connectivity index (χ1v) is 7.90. The van der Waals surface area contributed by atoms with E-state index < -0.39 is 5.60 Å². The molecular weight excluding hydrogens is 262 g/mol. The summed E-state index contributed by atoms with van der Waals surface area (Å²) in [6.45, 7) is 5.00. The van der Waals surface area contributed by atoms with Crippen molar-refractivity contribution < 1.29 is 9.84 Å². The molecule has 0 saturated heterocycles. The van der Waals surface area contributed by atoms with Crippen LogP contribution in [0, 0.1) is 11.8 Å². The first kappa shape index (κ1) is 17.6. The van der Waals surface area contributed by atoms with Crippen molar-refractivity contribution >= 4 is 0 Å². The Hall–Kier alpha value is -1.50. The molecule has 0 amide bonds. The third kappa shape index (κ3) is 6.20. The van der Waals surface area contributed by atoms with Gasteiger partial charge in [-0.2, -0.15) is 0 Å². The zero-order valence-corrected chi connectivity index (χ0v) is 13.2. The van der Waals surface area contributed by atoms with Crippen molar-refractivity contribution in [3.8, 4) is 17.6 Å². The zero-order valence-electron chi connectivity index (χ0n) is 13.2. The van der Waals surface area contributed by atoms with E-state index in [2.05, 4.69) is 11.8 Å². The van der Waals surface area contributed by atoms with Crippen molar-refractivity contribution in [3.63, 3.8) is 0 Å². The highest BCUT2D eigenvalue weighted by molar-refractivity contribution is 5.41. The van der Waals surface area contributed by atoms with E-state index in [0.29, 0.717) is 13.2 Å². The van der Waals surface area contributed by atoms with Gasteiger partial charge in [-0.15, -0.1) is 0 Å². The van der Waals surface area contributed by atoms with Crippen LogP contribution >= 0.6 is 0 Å². The van der Waals surface area contributed by atoms with E-state index in [1.807, 2.05) is 38.1 Å². The van der Waals surface area contributed by atoms with Gasteiger partial charge in [-0.25, -0.2) is 0 Å². The SMILES string of the molecule is CC.NCCOc1cccc(C#CC2(O)CCCCC2)c1. The molecule has 0 heterocycles. The third-order valence-electron chi connectivity index (χ3n) is 3.34. The van der Waals surface area contributed by atoms with Gasteiger partial charge in [0.25, 0.3) is 0 Å². The Labute approximate surface area is 128 Å². The van der Waals surface area contributed by atoms with E-state index in [0.717, 1.165) is 37.0 Å². The molecule has 1 fully saturated rings. The second-order valence-electron chi connectivity index (χ2n) is 5.01. The fourth-order valence-corrected chi connectivity index (χ4v) is 2.29. The Kier molecular flexibility index (Phi) is 7.89. The predicted octanol–water partition coefficient (Wildman–Crippen LogP) is 3.10. The van der Waals surface area contributed by atoms with E-state index in [-0.39, 0.29) is 0 Å². The standard InChI is InChI=1S/C16H21NO2.C2H6/c17-11-12-19-15-6-4-5-14(13-15)7-10-16(18)8-2-1-3-9-16;1-2/h4-6,13,18H,1-3,8-9,11-12,17H2;1-2H3. The van der Waals surface area contributed by atoms with Crippen LogP contribution in [0.5, 0.6) is 5.75 Å². The van der Waals surface area contributed by atoms with Crippen LogP contribution in [-0.4, -0.2) is 23.9 Å². The van der Waals surface area contributed by atoms with Crippen molar-refractivity contribution in [3.05, 3.63) is 29.8 Å². The lowest BCUT2D eigenvalue weighted by Crippen LogP contribution is -2.29. The largest absolute Gasteiger partial charge is 0.492 e. The van der Waals surface area contributed by atoms with Crippen LogP contribution in [0.3, 0.4) is 0 Å². The van der Waals surface area contributed by atoms with Crippen molar-refractivity contribution in [2.45, 2.75) is 51.6 Å². The summed E-state index contributed by atoms with van der Waals surface area (Å²) < 4.78 is 5.46. The Balaban J connectivity index is 0.00000106. The molecule has 0 aromatic heterocycles. The van der Waals surface area contributed by atoms with Crippen molar-refractivity contribution in [1.29, 1.82) is 0 Å². The Morgan fingerprint density at radius 2 is 1.95 bits per heavy atom. The molecule has 0 aliphatic heterocycles. The summed E-state index contributed by atoms with van der Waals surface area (Å²) in [7, 11) is 0. The van der Waals surface area contributed by atoms with E-state index in [1.54, 1.807) is 0 Å².